The Morgan fingerprint density at radius 1 is 1.48 bits per heavy atom. The number of carbonyl (C=O) groups excluding carboxylic acids is 1. The molecule has 8 heteroatoms. The second kappa shape index (κ2) is 9.11. The molecule has 0 saturated heterocycles. The van der Waals surface area contributed by atoms with Gasteiger partial charge < -0.3 is 16.0 Å². The molecule has 0 aromatic heterocycles. The van der Waals surface area contributed by atoms with Crippen molar-refractivity contribution >= 4 is 17.4 Å². The molecule has 134 valence electrons. The lowest BCUT2D eigenvalue weighted by Gasteiger charge is -2.28. The number of hydrogen-bond donors (Lipinski definition) is 4. The third-order valence-corrected chi connectivity index (χ3v) is 3.78. The maximum Gasteiger partial charge on any atom is 0.231 e. The van der Waals surface area contributed by atoms with Gasteiger partial charge in [-0.05, 0) is 26.1 Å². The number of hydrogen-bond acceptors (Lipinski definition) is 6. The molecule has 0 fully saturated rings. The number of likely N-dealkylation sites (N-methyl/N-ethyl adjacent to an activating group) is 1. The molecule has 0 aliphatic carbocycles. The number of nitriles is 1. The summed E-state index contributed by atoms with van der Waals surface area (Å²) in [7, 11) is 1.88. The molecule has 1 aromatic carbocycles. The number of aliphatic imine (C=N–C) groups is 1. The van der Waals surface area contributed by atoms with Crippen molar-refractivity contribution in [1.29, 1.82) is 5.26 Å². The third-order valence-electron chi connectivity index (χ3n) is 3.78. The van der Waals surface area contributed by atoms with E-state index in [0.29, 0.717) is 5.84 Å². The van der Waals surface area contributed by atoms with Crippen LogP contribution in [-0.4, -0.2) is 44.1 Å². The van der Waals surface area contributed by atoms with Gasteiger partial charge in [0.1, 0.15) is 29.5 Å². The second-order valence-electron chi connectivity index (χ2n) is 5.93. The van der Waals surface area contributed by atoms with Crippen LogP contribution in [0.15, 0.2) is 23.2 Å². The summed E-state index contributed by atoms with van der Waals surface area (Å²) in [5.74, 6) is -0.430. The lowest BCUT2D eigenvalue weighted by molar-refractivity contribution is -0.115. The van der Waals surface area contributed by atoms with Crippen LogP contribution in [0, 0.1) is 17.1 Å². The van der Waals surface area contributed by atoms with Crippen molar-refractivity contribution in [3.63, 3.8) is 0 Å². The molecule has 0 spiro atoms. The predicted octanol–water partition coefficient (Wildman–Crippen LogP) is 0.941. The fraction of sp³-hybridized carbons (Fsp3) is 0.471. The molecule has 1 amide bonds. The van der Waals surface area contributed by atoms with E-state index in [1.807, 2.05) is 14.0 Å². The van der Waals surface area contributed by atoms with Gasteiger partial charge in [-0.2, -0.15) is 5.26 Å². The fourth-order valence-corrected chi connectivity index (χ4v) is 2.63. The molecule has 25 heavy (non-hydrogen) atoms. The predicted molar refractivity (Wildman–Crippen MR) is 94.7 cm³/mol. The number of anilines is 1. The zero-order valence-corrected chi connectivity index (χ0v) is 14.4. The number of nitrogens with one attached hydrogen (secondary N) is 4. The number of halogens is 1. The molecule has 0 saturated carbocycles. The van der Waals surface area contributed by atoms with Crippen LogP contribution < -0.4 is 21.3 Å². The fourth-order valence-electron chi connectivity index (χ4n) is 2.63. The molecule has 1 heterocycles. The van der Waals surface area contributed by atoms with Crippen LogP contribution in [0.4, 0.5) is 10.1 Å². The topological polar surface area (TPSA) is 101 Å². The summed E-state index contributed by atoms with van der Waals surface area (Å²) in [4.78, 5) is 16.8. The van der Waals surface area contributed by atoms with E-state index in [4.69, 9.17) is 5.26 Å². The van der Waals surface area contributed by atoms with E-state index >= 15 is 0 Å². The minimum atomic E-state index is -0.657. The minimum Gasteiger partial charge on any atom is -0.371 e. The van der Waals surface area contributed by atoms with E-state index in [2.05, 4.69) is 26.3 Å². The monoisotopic (exact) mass is 346 g/mol. The average molecular weight is 346 g/mol. The minimum absolute atomic E-state index is 0.0376. The Balaban J connectivity index is 1.99. The quantitative estimate of drug-likeness (QED) is 0.551. The number of amidine groups is 1. The Bertz CT molecular complexity index is 684. The Kier molecular flexibility index (Phi) is 6.86. The highest BCUT2D eigenvalue weighted by Gasteiger charge is 2.21. The molecule has 4 N–H and O–H groups in total. The van der Waals surface area contributed by atoms with Gasteiger partial charge in [-0.15, -0.1) is 0 Å². The second-order valence-corrected chi connectivity index (χ2v) is 5.93. The van der Waals surface area contributed by atoms with Crippen LogP contribution in [0.1, 0.15) is 25.3 Å². The molecule has 0 radical (unpaired) electrons. The van der Waals surface area contributed by atoms with Crippen molar-refractivity contribution in [2.24, 2.45) is 4.99 Å². The standard InChI is InChI=1S/C17H23FN6O/c1-11-8-15(21-7-6-20-2)24-16(22-11)9-17(25)23-14-5-3-4-13(18)12(14)10-19/h3-5,11,15,20-21H,6-9H2,1-2H3,(H,22,24)(H,23,25). The van der Waals surface area contributed by atoms with Crippen LogP contribution in [0.2, 0.25) is 0 Å². The van der Waals surface area contributed by atoms with Crippen molar-refractivity contribution in [2.75, 3.05) is 25.5 Å². The first-order valence-electron chi connectivity index (χ1n) is 8.23. The van der Waals surface area contributed by atoms with Gasteiger partial charge in [0.2, 0.25) is 5.91 Å². The molecule has 2 unspecified atom stereocenters. The first-order chi connectivity index (χ1) is 12.0. The van der Waals surface area contributed by atoms with Gasteiger partial charge in [-0.1, -0.05) is 6.07 Å². The van der Waals surface area contributed by atoms with E-state index in [1.54, 1.807) is 6.07 Å². The van der Waals surface area contributed by atoms with E-state index < -0.39 is 5.82 Å². The van der Waals surface area contributed by atoms with Crippen LogP contribution in [-0.2, 0) is 4.79 Å². The molecule has 0 bridgehead atoms. The van der Waals surface area contributed by atoms with Crippen molar-refractivity contribution in [2.45, 2.75) is 32.0 Å². The Hall–Kier alpha value is -2.50. The van der Waals surface area contributed by atoms with Gasteiger partial charge in [0.25, 0.3) is 0 Å². The first kappa shape index (κ1) is 18.8. The highest BCUT2D eigenvalue weighted by Crippen LogP contribution is 2.18. The van der Waals surface area contributed by atoms with Gasteiger partial charge in [0.05, 0.1) is 12.1 Å². The van der Waals surface area contributed by atoms with Crippen LogP contribution in [0.3, 0.4) is 0 Å². The highest BCUT2D eigenvalue weighted by molar-refractivity contribution is 6.06. The van der Waals surface area contributed by atoms with Crippen molar-refractivity contribution in [1.82, 2.24) is 16.0 Å². The molecule has 1 aliphatic heterocycles. The zero-order chi connectivity index (χ0) is 18.2. The van der Waals surface area contributed by atoms with E-state index in [9.17, 15) is 9.18 Å². The molecule has 2 atom stereocenters. The van der Waals surface area contributed by atoms with Crippen LogP contribution in [0.5, 0.6) is 0 Å². The van der Waals surface area contributed by atoms with Gasteiger partial charge in [-0.25, -0.2) is 4.39 Å². The maximum absolute atomic E-state index is 13.6. The number of carbonyl (C=O) groups is 1. The third kappa shape index (κ3) is 5.52. The molecule has 1 aliphatic rings. The van der Waals surface area contributed by atoms with Gasteiger partial charge in [0.15, 0.2) is 0 Å². The SMILES string of the molecule is CNCCNC1CC(C)NC(CC(=O)Nc2cccc(F)c2C#N)=N1. The van der Waals surface area contributed by atoms with Gasteiger partial charge >= 0.3 is 0 Å². The lowest BCUT2D eigenvalue weighted by Crippen LogP contribution is -2.47. The number of nitrogens with zero attached hydrogens (tertiary/aromatic N) is 2. The van der Waals surface area contributed by atoms with Crippen molar-refractivity contribution < 1.29 is 9.18 Å². The normalized spacial score (nSPS) is 19.5. The van der Waals surface area contributed by atoms with Crippen molar-refractivity contribution in [3.05, 3.63) is 29.6 Å². The lowest BCUT2D eigenvalue weighted by atomic mass is 10.1. The highest BCUT2D eigenvalue weighted by atomic mass is 19.1. The number of benzene rings is 1. The molecular weight excluding hydrogens is 323 g/mol. The smallest absolute Gasteiger partial charge is 0.231 e. The van der Waals surface area contributed by atoms with Crippen LogP contribution in [0.25, 0.3) is 0 Å². The summed E-state index contributed by atoms with van der Waals surface area (Å²) in [6.07, 6.45) is 0.823. The Labute approximate surface area is 146 Å². The van der Waals surface area contributed by atoms with Crippen molar-refractivity contribution in [3.8, 4) is 6.07 Å². The molecular formula is C17H23FN6O. The molecule has 1 aromatic rings. The summed E-state index contributed by atoms with van der Waals surface area (Å²) in [5, 5.41) is 21.2. The average Bonchev–Trinajstić information content (AvgIpc) is 2.54. The Morgan fingerprint density at radius 2 is 2.28 bits per heavy atom. The summed E-state index contributed by atoms with van der Waals surface area (Å²) < 4.78 is 13.6. The summed E-state index contributed by atoms with van der Waals surface area (Å²) in [6.45, 7) is 3.64. The first-order valence-corrected chi connectivity index (χ1v) is 8.23. The largest absolute Gasteiger partial charge is 0.371 e. The van der Waals surface area contributed by atoms with E-state index in [0.717, 1.165) is 19.5 Å². The Morgan fingerprint density at radius 3 is 3.00 bits per heavy atom. The number of rotatable bonds is 7. The summed E-state index contributed by atoms with van der Waals surface area (Å²) in [6, 6.07) is 6.09. The van der Waals surface area contributed by atoms with Gasteiger partial charge in [-0.3, -0.25) is 15.1 Å². The molecule has 2 rings (SSSR count). The van der Waals surface area contributed by atoms with E-state index in [-0.39, 0.29) is 35.8 Å². The zero-order valence-electron chi connectivity index (χ0n) is 14.4. The molecule has 7 nitrogen and oxygen atoms in total. The van der Waals surface area contributed by atoms with Crippen LogP contribution >= 0.6 is 0 Å². The summed E-state index contributed by atoms with van der Waals surface area (Å²) >= 11 is 0. The summed E-state index contributed by atoms with van der Waals surface area (Å²) in [5.41, 5.74) is -0.00461. The maximum atomic E-state index is 13.6. The van der Waals surface area contributed by atoms with Gasteiger partial charge in [0, 0.05) is 25.6 Å². The number of amides is 1. The van der Waals surface area contributed by atoms with E-state index in [1.165, 1.54) is 18.2 Å².